The summed E-state index contributed by atoms with van der Waals surface area (Å²) in [6, 6.07) is 8.85. The van der Waals surface area contributed by atoms with Crippen molar-refractivity contribution in [3.8, 4) is 11.5 Å². The zero-order valence-electron chi connectivity index (χ0n) is 21.8. The Morgan fingerprint density at radius 1 is 1.00 bits per heavy atom. The van der Waals surface area contributed by atoms with E-state index < -0.39 is 43.3 Å². The van der Waals surface area contributed by atoms with Crippen LogP contribution < -0.4 is 14.9 Å². The van der Waals surface area contributed by atoms with E-state index in [1.165, 1.54) is 0 Å². The number of hydrogen-bond donors (Lipinski definition) is 1. The summed E-state index contributed by atoms with van der Waals surface area (Å²) in [5.74, 6) is -3.56. The number of carboxylic acids is 1. The van der Waals surface area contributed by atoms with Crippen LogP contribution in [-0.4, -0.2) is 48.3 Å². The number of rotatable bonds is 10. The van der Waals surface area contributed by atoms with Crippen molar-refractivity contribution < 1.29 is 38.3 Å². The van der Waals surface area contributed by atoms with Crippen molar-refractivity contribution in [2.75, 3.05) is 0 Å². The van der Waals surface area contributed by atoms with Crippen molar-refractivity contribution in [3.63, 3.8) is 0 Å². The SMILES string of the molecule is Cc1cc(C)c(B2OC(=O)[C@@H]([C@@H](CC(=O)c3c(OC(C)C)cccc3OC(C)C)C(=O)O)O2)c(C)c1. The van der Waals surface area contributed by atoms with Crippen molar-refractivity contribution in [2.24, 2.45) is 5.92 Å². The molecule has 3 rings (SSSR count). The molecule has 36 heavy (non-hydrogen) atoms. The Morgan fingerprint density at radius 2 is 1.53 bits per heavy atom. The summed E-state index contributed by atoms with van der Waals surface area (Å²) in [7, 11) is -1.04. The standard InChI is InChI=1S/C27H33BO8/c1-14(2)33-21-9-8-10-22(34-15(3)4)23(21)20(29)13-19(26(30)31)25-27(32)36-28(35-25)24-17(6)11-16(5)12-18(24)7/h8-12,14-15,19,25H,13H2,1-7H3,(H,30,31)/t19-,25-/m1/s1. The van der Waals surface area contributed by atoms with E-state index in [0.29, 0.717) is 5.46 Å². The Morgan fingerprint density at radius 3 is 2.00 bits per heavy atom. The molecule has 1 N–H and O–H groups in total. The minimum Gasteiger partial charge on any atom is -0.504 e. The second kappa shape index (κ2) is 11.2. The molecule has 1 fully saturated rings. The van der Waals surface area contributed by atoms with Crippen LogP contribution in [0.2, 0.25) is 0 Å². The summed E-state index contributed by atoms with van der Waals surface area (Å²) in [6.07, 6.45) is -2.39. The smallest absolute Gasteiger partial charge is 0.504 e. The van der Waals surface area contributed by atoms with E-state index in [1.807, 2.05) is 60.6 Å². The Kier molecular flexibility index (Phi) is 8.45. The lowest BCUT2D eigenvalue weighted by Crippen LogP contribution is -2.39. The van der Waals surface area contributed by atoms with Crippen LogP contribution in [0.5, 0.6) is 11.5 Å². The maximum Gasteiger partial charge on any atom is 0.565 e. The fourth-order valence-corrected chi connectivity index (χ4v) is 4.45. The van der Waals surface area contributed by atoms with Gasteiger partial charge in [0.2, 0.25) is 0 Å². The summed E-state index contributed by atoms with van der Waals surface area (Å²) in [5, 5.41) is 9.98. The van der Waals surface area contributed by atoms with Crippen LogP contribution in [0.4, 0.5) is 0 Å². The molecule has 1 saturated heterocycles. The van der Waals surface area contributed by atoms with E-state index in [1.54, 1.807) is 18.2 Å². The average molecular weight is 496 g/mol. The molecule has 1 heterocycles. The zero-order valence-corrected chi connectivity index (χ0v) is 21.8. The molecule has 2 aromatic carbocycles. The van der Waals surface area contributed by atoms with Gasteiger partial charge in [-0.05, 0) is 71.7 Å². The molecule has 192 valence electrons. The number of aliphatic carboxylic acids is 1. The molecule has 0 amide bonds. The van der Waals surface area contributed by atoms with Gasteiger partial charge < -0.3 is 23.9 Å². The summed E-state index contributed by atoms with van der Waals surface area (Å²) >= 11 is 0. The van der Waals surface area contributed by atoms with Gasteiger partial charge in [0.05, 0.1) is 18.1 Å². The van der Waals surface area contributed by atoms with Gasteiger partial charge in [-0.2, -0.15) is 0 Å². The Labute approximate surface area is 212 Å². The number of carbonyl (C=O) groups is 3. The Bertz CT molecular complexity index is 1110. The van der Waals surface area contributed by atoms with Crippen LogP contribution in [-0.2, 0) is 18.9 Å². The van der Waals surface area contributed by atoms with Gasteiger partial charge in [0, 0.05) is 11.9 Å². The highest BCUT2D eigenvalue weighted by molar-refractivity contribution is 6.65. The molecule has 0 saturated carbocycles. The van der Waals surface area contributed by atoms with Crippen molar-refractivity contribution in [3.05, 3.63) is 52.6 Å². The van der Waals surface area contributed by atoms with Crippen molar-refractivity contribution in [1.29, 1.82) is 0 Å². The summed E-state index contributed by atoms with van der Waals surface area (Å²) in [4.78, 5) is 38.5. The highest BCUT2D eigenvalue weighted by Gasteiger charge is 2.49. The number of carbonyl (C=O) groups excluding carboxylic acids is 2. The van der Waals surface area contributed by atoms with E-state index in [-0.39, 0.29) is 29.3 Å². The molecule has 2 atom stereocenters. The van der Waals surface area contributed by atoms with E-state index >= 15 is 0 Å². The maximum atomic E-state index is 13.5. The van der Waals surface area contributed by atoms with Gasteiger partial charge in [0.25, 0.3) is 0 Å². The summed E-state index contributed by atoms with van der Waals surface area (Å²) in [5.41, 5.74) is 3.59. The van der Waals surface area contributed by atoms with E-state index in [2.05, 4.69) is 0 Å². The van der Waals surface area contributed by atoms with Crippen molar-refractivity contribution >= 4 is 30.3 Å². The molecule has 0 bridgehead atoms. The van der Waals surface area contributed by atoms with Crippen LogP contribution in [0.3, 0.4) is 0 Å². The molecule has 2 aromatic rings. The van der Waals surface area contributed by atoms with Crippen LogP contribution in [0.15, 0.2) is 30.3 Å². The number of carboxylic acid groups (broad SMARTS) is 1. The van der Waals surface area contributed by atoms with E-state index in [4.69, 9.17) is 18.8 Å². The fourth-order valence-electron chi connectivity index (χ4n) is 4.45. The number of ketones is 1. The molecular formula is C27H33BO8. The maximum absolute atomic E-state index is 13.5. The second-order valence-corrected chi connectivity index (χ2v) is 9.67. The first-order valence-electron chi connectivity index (χ1n) is 12.0. The third-order valence-electron chi connectivity index (χ3n) is 5.78. The molecule has 0 aromatic heterocycles. The molecule has 0 aliphatic carbocycles. The minimum absolute atomic E-state index is 0.138. The first kappa shape index (κ1) is 27.3. The quantitative estimate of drug-likeness (QED) is 0.391. The first-order chi connectivity index (χ1) is 16.9. The van der Waals surface area contributed by atoms with Crippen LogP contribution in [0.1, 0.15) is 61.2 Å². The third kappa shape index (κ3) is 6.08. The normalized spacial score (nSPS) is 16.3. The monoisotopic (exact) mass is 496 g/mol. The van der Waals surface area contributed by atoms with Gasteiger partial charge >= 0.3 is 19.1 Å². The number of ether oxygens (including phenoxy) is 2. The number of hydrogen-bond acceptors (Lipinski definition) is 7. The van der Waals surface area contributed by atoms with Crippen LogP contribution >= 0.6 is 0 Å². The number of benzene rings is 2. The molecule has 0 spiro atoms. The molecule has 1 aliphatic heterocycles. The van der Waals surface area contributed by atoms with Gasteiger partial charge in [-0.15, -0.1) is 0 Å². The van der Waals surface area contributed by atoms with Gasteiger partial charge in [-0.25, -0.2) is 0 Å². The predicted molar refractivity (Wildman–Crippen MR) is 135 cm³/mol. The molecule has 9 heteroatoms. The van der Waals surface area contributed by atoms with Crippen molar-refractivity contribution in [1.82, 2.24) is 0 Å². The Balaban J connectivity index is 1.91. The van der Waals surface area contributed by atoms with Crippen LogP contribution in [0, 0.1) is 26.7 Å². The van der Waals surface area contributed by atoms with Gasteiger partial charge in [-0.3, -0.25) is 14.4 Å². The average Bonchev–Trinajstić information content (AvgIpc) is 3.10. The second-order valence-electron chi connectivity index (χ2n) is 9.67. The molecule has 1 aliphatic rings. The van der Waals surface area contributed by atoms with Crippen molar-refractivity contribution in [2.45, 2.75) is 73.2 Å². The van der Waals surface area contributed by atoms with Gasteiger partial charge in [0.1, 0.15) is 17.1 Å². The van der Waals surface area contributed by atoms with E-state index in [0.717, 1.165) is 16.7 Å². The highest BCUT2D eigenvalue weighted by atomic mass is 16.7. The highest BCUT2D eigenvalue weighted by Crippen LogP contribution is 2.34. The molecule has 0 radical (unpaired) electrons. The minimum atomic E-state index is -1.46. The lowest BCUT2D eigenvalue weighted by atomic mass is 9.73. The molecular weight excluding hydrogens is 463 g/mol. The zero-order chi connectivity index (χ0) is 26.7. The molecule has 8 nitrogen and oxygen atoms in total. The predicted octanol–water partition coefficient (Wildman–Crippen LogP) is 3.80. The topological polar surface area (TPSA) is 108 Å². The Hall–Kier alpha value is -3.33. The van der Waals surface area contributed by atoms with Crippen LogP contribution in [0.25, 0.3) is 0 Å². The lowest BCUT2D eigenvalue weighted by Gasteiger charge is -2.21. The largest absolute Gasteiger partial charge is 0.565 e. The van der Waals surface area contributed by atoms with Gasteiger partial charge in [-0.1, -0.05) is 23.8 Å². The summed E-state index contributed by atoms with van der Waals surface area (Å²) in [6.45, 7) is 13.0. The molecule has 0 unspecified atom stereocenters. The fraction of sp³-hybridized carbons (Fsp3) is 0.444. The third-order valence-corrected chi connectivity index (χ3v) is 5.78. The summed E-state index contributed by atoms with van der Waals surface area (Å²) < 4.78 is 22.9. The van der Waals surface area contributed by atoms with Gasteiger partial charge in [0.15, 0.2) is 11.9 Å². The lowest BCUT2D eigenvalue weighted by molar-refractivity contribution is -0.151. The number of Topliss-reactive ketones (excluding diaryl/α,β-unsaturated/α-hetero) is 1. The van der Waals surface area contributed by atoms with E-state index in [9.17, 15) is 19.5 Å². The number of aryl methyl sites for hydroxylation is 3. The first-order valence-corrected chi connectivity index (χ1v) is 12.0.